The molecule has 0 amide bonds. The molecule has 0 saturated heterocycles. The summed E-state index contributed by atoms with van der Waals surface area (Å²) in [6, 6.07) is 0. The third kappa shape index (κ3) is 11.1. The molecule has 0 aromatic carbocycles. The van der Waals surface area contributed by atoms with Gasteiger partial charge < -0.3 is 9.84 Å². The topological polar surface area (TPSA) is 46.5 Å². The molecule has 0 bridgehead atoms. The summed E-state index contributed by atoms with van der Waals surface area (Å²) in [5, 5.41) is 10.1. The first-order chi connectivity index (χ1) is 23.5. The van der Waals surface area contributed by atoms with Gasteiger partial charge in [-0.1, -0.05) is 118 Å². The zero-order valence-electron chi connectivity index (χ0n) is 33.7. The molecule has 3 nitrogen and oxygen atoms in total. The number of carbonyl (C=O) groups is 1. The van der Waals surface area contributed by atoms with Crippen LogP contribution >= 0.6 is 0 Å². The summed E-state index contributed by atoms with van der Waals surface area (Å²) in [4.78, 5) is 12.9. The standard InChI is InChI=1S/C46H82O3/c1-8-9-10-17-20-38(47)21-18-15-13-11-12-14-16-19-22-44(48)49-39-29-31-45(6)37(33-39)25-26-40-42-28-27-41(46(42,7)32-30-43(40)45)36(5)24-23-35(4)34(2)3/h15,18,34-43,47H,8-14,16-17,19-33H2,1-7H3/t35-,36-,37?,38-,39?,40+,41-,42+,43+,45+,46-/m1/s1. The summed E-state index contributed by atoms with van der Waals surface area (Å²) >= 11 is 0. The lowest BCUT2D eigenvalue weighted by Gasteiger charge is -2.61. The van der Waals surface area contributed by atoms with Crippen LogP contribution < -0.4 is 0 Å². The van der Waals surface area contributed by atoms with Crippen LogP contribution in [0.2, 0.25) is 0 Å². The van der Waals surface area contributed by atoms with Gasteiger partial charge in [0.15, 0.2) is 0 Å². The highest BCUT2D eigenvalue weighted by molar-refractivity contribution is 5.69. The van der Waals surface area contributed by atoms with E-state index in [1.165, 1.54) is 96.3 Å². The van der Waals surface area contributed by atoms with Crippen molar-refractivity contribution in [1.29, 1.82) is 0 Å². The van der Waals surface area contributed by atoms with Crippen LogP contribution in [-0.2, 0) is 9.53 Å². The van der Waals surface area contributed by atoms with Crippen LogP contribution in [0, 0.1) is 58.2 Å². The Morgan fingerprint density at radius 1 is 0.776 bits per heavy atom. The molecule has 3 heteroatoms. The number of carbonyl (C=O) groups excluding carboxylic acids is 1. The Kier molecular flexibility index (Phi) is 16.6. The van der Waals surface area contributed by atoms with E-state index in [1.807, 2.05) is 0 Å². The van der Waals surface area contributed by atoms with Crippen LogP contribution in [-0.4, -0.2) is 23.3 Å². The van der Waals surface area contributed by atoms with Crippen LogP contribution in [0.5, 0.6) is 0 Å². The van der Waals surface area contributed by atoms with Gasteiger partial charge in [-0.15, -0.1) is 0 Å². The summed E-state index contributed by atoms with van der Waals surface area (Å²) < 4.78 is 6.16. The molecule has 11 atom stereocenters. The third-order valence-electron chi connectivity index (χ3n) is 15.6. The Morgan fingerprint density at radius 2 is 1.49 bits per heavy atom. The first kappa shape index (κ1) is 40.9. The van der Waals surface area contributed by atoms with Gasteiger partial charge in [0.1, 0.15) is 6.10 Å². The molecule has 49 heavy (non-hydrogen) atoms. The maximum Gasteiger partial charge on any atom is 0.306 e. The van der Waals surface area contributed by atoms with Gasteiger partial charge in [-0.05, 0) is 148 Å². The van der Waals surface area contributed by atoms with E-state index in [1.54, 1.807) is 0 Å². The van der Waals surface area contributed by atoms with Gasteiger partial charge in [0.2, 0.25) is 0 Å². The predicted molar refractivity (Wildman–Crippen MR) is 208 cm³/mol. The van der Waals surface area contributed by atoms with E-state index in [-0.39, 0.29) is 18.2 Å². The minimum atomic E-state index is -0.169. The van der Waals surface area contributed by atoms with Crippen molar-refractivity contribution in [1.82, 2.24) is 0 Å². The van der Waals surface area contributed by atoms with Gasteiger partial charge in [0.25, 0.3) is 0 Å². The molecule has 4 saturated carbocycles. The number of unbranched alkanes of at least 4 members (excludes halogenated alkanes) is 8. The van der Waals surface area contributed by atoms with E-state index in [4.69, 9.17) is 4.74 Å². The Bertz CT molecular complexity index is 987. The number of aliphatic hydroxyl groups excluding tert-OH is 1. The van der Waals surface area contributed by atoms with Crippen molar-refractivity contribution in [3.63, 3.8) is 0 Å². The number of fused-ring (bicyclic) bond motifs is 5. The number of ether oxygens (including phenoxy) is 1. The van der Waals surface area contributed by atoms with Crippen molar-refractivity contribution in [2.75, 3.05) is 0 Å². The molecule has 284 valence electrons. The van der Waals surface area contributed by atoms with Crippen molar-refractivity contribution in [2.24, 2.45) is 58.2 Å². The van der Waals surface area contributed by atoms with Gasteiger partial charge in [-0.2, -0.15) is 0 Å². The first-order valence-electron chi connectivity index (χ1n) is 22.0. The summed E-state index contributed by atoms with van der Waals surface area (Å²) in [6.07, 6.45) is 33.4. The molecule has 4 aliphatic rings. The molecule has 0 spiro atoms. The zero-order chi connectivity index (χ0) is 35.4. The largest absolute Gasteiger partial charge is 0.462 e. The quantitative estimate of drug-likeness (QED) is 0.0744. The first-order valence-corrected chi connectivity index (χ1v) is 22.0. The molecule has 0 radical (unpaired) electrons. The number of rotatable bonds is 21. The molecule has 0 aromatic rings. The minimum Gasteiger partial charge on any atom is -0.462 e. The molecular formula is C46H82O3. The number of hydrogen-bond donors (Lipinski definition) is 1. The molecule has 2 unspecified atom stereocenters. The summed E-state index contributed by atoms with van der Waals surface area (Å²) in [5.41, 5.74) is 1.01. The Labute approximate surface area is 305 Å². The van der Waals surface area contributed by atoms with Gasteiger partial charge in [0, 0.05) is 6.42 Å². The lowest BCUT2D eigenvalue weighted by molar-refractivity contribution is -0.162. The van der Waals surface area contributed by atoms with Gasteiger partial charge >= 0.3 is 5.97 Å². The maximum absolute atomic E-state index is 12.9. The molecule has 4 fully saturated rings. The second-order valence-corrected chi connectivity index (χ2v) is 19.1. The second-order valence-electron chi connectivity index (χ2n) is 19.1. The Balaban J connectivity index is 1.11. The molecule has 1 N–H and O–H groups in total. The molecular weight excluding hydrogens is 601 g/mol. The summed E-state index contributed by atoms with van der Waals surface area (Å²) in [6.45, 7) is 17.5. The van der Waals surface area contributed by atoms with Crippen LogP contribution in [0.1, 0.15) is 203 Å². The average Bonchev–Trinajstić information content (AvgIpc) is 3.43. The van der Waals surface area contributed by atoms with Gasteiger partial charge in [0.05, 0.1) is 6.10 Å². The number of esters is 1. The highest BCUT2D eigenvalue weighted by atomic mass is 16.5. The molecule has 0 aliphatic heterocycles. The summed E-state index contributed by atoms with van der Waals surface area (Å²) in [7, 11) is 0. The monoisotopic (exact) mass is 683 g/mol. The van der Waals surface area contributed by atoms with Crippen molar-refractivity contribution in [3.8, 4) is 0 Å². The fraction of sp³-hybridized carbons (Fsp3) is 0.935. The third-order valence-corrected chi connectivity index (χ3v) is 15.6. The van der Waals surface area contributed by atoms with E-state index >= 15 is 0 Å². The van der Waals surface area contributed by atoms with Crippen LogP contribution in [0.3, 0.4) is 0 Å². The number of allylic oxidation sites excluding steroid dienone is 1. The van der Waals surface area contributed by atoms with Crippen LogP contribution in [0.15, 0.2) is 12.2 Å². The SMILES string of the molecule is CCCCCC[C@@H](O)CC=CCCCCCCCC(=O)OC1CC[C@@]2(C)C(CC[C@H]3[C@@H]4CC[C@H]([C@H](C)CC[C@@H](C)C(C)C)[C@@]4(C)CC[C@@H]32)C1. The second kappa shape index (κ2) is 19.9. The van der Waals surface area contributed by atoms with E-state index in [9.17, 15) is 9.90 Å². The van der Waals surface area contributed by atoms with Crippen molar-refractivity contribution in [3.05, 3.63) is 12.2 Å². The van der Waals surface area contributed by atoms with Gasteiger partial charge in [-0.3, -0.25) is 4.79 Å². The van der Waals surface area contributed by atoms with Gasteiger partial charge in [-0.25, -0.2) is 0 Å². The number of hydrogen-bond acceptors (Lipinski definition) is 3. The molecule has 0 heterocycles. The van der Waals surface area contributed by atoms with Crippen molar-refractivity contribution >= 4 is 5.97 Å². The Morgan fingerprint density at radius 3 is 2.27 bits per heavy atom. The highest BCUT2D eigenvalue weighted by Crippen LogP contribution is 2.68. The van der Waals surface area contributed by atoms with Crippen LogP contribution in [0.4, 0.5) is 0 Å². The predicted octanol–water partition coefficient (Wildman–Crippen LogP) is 13.3. The fourth-order valence-corrected chi connectivity index (χ4v) is 12.0. The van der Waals surface area contributed by atoms with Crippen molar-refractivity contribution in [2.45, 2.75) is 215 Å². The Hall–Kier alpha value is -0.830. The lowest BCUT2D eigenvalue weighted by Crippen LogP contribution is -2.54. The normalized spacial score (nSPS) is 34.7. The average molecular weight is 683 g/mol. The summed E-state index contributed by atoms with van der Waals surface area (Å²) in [5.74, 6) is 7.00. The van der Waals surface area contributed by atoms with E-state index in [0.29, 0.717) is 17.3 Å². The van der Waals surface area contributed by atoms with E-state index < -0.39 is 0 Å². The minimum absolute atomic E-state index is 0.0563. The van der Waals surface area contributed by atoms with E-state index in [2.05, 4.69) is 60.6 Å². The molecule has 4 aliphatic carbocycles. The smallest absolute Gasteiger partial charge is 0.306 e. The highest BCUT2D eigenvalue weighted by Gasteiger charge is 2.60. The zero-order valence-corrected chi connectivity index (χ0v) is 33.7. The number of aliphatic hydroxyl groups is 1. The van der Waals surface area contributed by atoms with Crippen LogP contribution in [0.25, 0.3) is 0 Å². The van der Waals surface area contributed by atoms with Crippen molar-refractivity contribution < 1.29 is 14.6 Å². The lowest BCUT2D eigenvalue weighted by atomic mass is 9.44. The fourth-order valence-electron chi connectivity index (χ4n) is 12.0. The molecule has 0 aromatic heterocycles. The van der Waals surface area contributed by atoms with E-state index in [0.717, 1.165) is 98.7 Å². The molecule has 4 rings (SSSR count). The maximum atomic E-state index is 12.9.